The SMILES string of the molecule is COc1ccc(S(=O)(=O)Nc2cc(-n3nc(C)cc3C)ncn2)cc1OC. The summed E-state index contributed by atoms with van der Waals surface area (Å²) in [5.41, 5.74) is 1.71. The number of anilines is 1. The Morgan fingerprint density at radius 1 is 1.00 bits per heavy atom. The maximum absolute atomic E-state index is 12.7. The molecular formula is C17H19N5O4S. The molecule has 1 aromatic carbocycles. The molecule has 9 nitrogen and oxygen atoms in total. The molecule has 0 saturated heterocycles. The molecule has 1 N–H and O–H groups in total. The van der Waals surface area contributed by atoms with E-state index in [4.69, 9.17) is 9.47 Å². The van der Waals surface area contributed by atoms with Crippen LogP contribution in [0.1, 0.15) is 11.4 Å². The first kappa shape index (κ1) is 18.6. The van der Waals surface area contributed by atoms with E-state index < -0.39 is 10.0 Å². The van der Waals surface area contributed by atoms with Crippen molar-refractivity contribution < 1.29 is 17.9 Å². The molecule has 2 heterocycles. The second-order valence-corrected chi connectivity index (χ2v) is 7.41. The maximum Gasteiger partial charge on any atom is 0.263 e. The molecule has 3 aromatic rings. The third kappa shape index (κ3) is 3.85. The van der Waals surface area contributed by atoms with Gasteiger partial charge in [0.15, 0.2) is 17.3 Å². The molecule has 0 amide bonds. The Labute approximate surface area is 157 Å². The minimum atomic E-state index is -3.88. The molecule has 0 spiro atoms. The van der Waals surface area contributed by atoms with Crippen LogP contribution in [0.5, 0.6) is 11.5 Å². The van der Waals surface area contributed by atoms with E-state index >= 15 is 0 Å². The van der Waals surface area contributed by atoms with Crippen molar-refractivity contribution in [1.82, 2.24) is 19.7 Å². The highest BCUT2D eigenvalue weighted by atomic mass is 32.2. The van der Waals surface area contributed by atoms with Gasteiger partial charge in [-0.2, -0.15) is 5.10 Å². The number of sulfonamides is 1. The molecule has 3 rings (SSSR count). The summed E-state index contributed by atoms with van der Waals surface area (Å²) >= 11 is 0. The fraction of sp³-hybridized carbons (Fsp3) is 0.235. The second kappa shape index (κ2) is 7.23. The molecule has 10 heteroatoms. The van der Waals surface area contributed by atoms with Crippen LogP contribution >= 0.6 is 0 Å². The summed E-state index contributed by atoms with van der Waals surface area (Å²) in [6.07, 6.45) is 1.28. The van der Waals surface area contributed by atoms with Crippen LogP contribution in [0, 0.1) is 13.8 Å². The molecular weight excluding hydrogens is 370 g/mol. The Kier molecular flexibility index (Phi) is 5.00. The molecule has 0 radical (unpaired) electrons. The third-order valence-electron chi connectivity index (χ3n) is 3.78. The van der Waals surface area contributed by atoms with Gasteiger partial charge in [0.05, 0.1) is 24.8 Å². The van der Waals surface area contributed by atoms with E-state index in [9.17, 15) is 8.42 Å². The van der Waals surface area contributed by atoms with Crippen LogP contribution in [0.4, 0.5) is 5.82 Å². The van der Waals surface area contributed by atoms with E-state index in [1.165, 1.54) is 44.8 Å². The number of methoxy groups -OCH3 is 2. The number of ether oxygens (including phenoxy) is 2. The number of aromatic nitrogens is 4. The summed E-state index contributed by atoms with van der Waals surface area (Å²) in [6.45, 7) is 3.75. The number of nitrogens with one attached hydrogen (secondary N) is 1. The fourth-order valence-electron chi connectivity index (χ4n) is 2.56. The van der Waals surface area contributed by atoms with E-state index in [0.29, 0.717) is 17.3 Å². The molecule has 142 valence electrons. The standard InChI is InChI=1S/C17H19N5O4S/c1-11-7-12(2)22(20-11)17-9-16(18-10-19-17)21-27(23,24)13-5-6-14(25-3)15(8-13)26-4/h5-10H,1-4H3,(H,18,19,21). The molecule has 27 heavy (non-hydrogen) atoms. The number of rotatable bonds is 6. The molecule has 2 aromatic heterocycles. The van der Waals surface area contributed by atoms with Crippen LogP contribution in [-0.2, 0) is 10.0 Å². The van der Waals surface area contributed by atoms with Gasteiger partial charge in [-0.15, -0.1) is 0 Å². The van der Waals surface area contributed by atoms with Crippen LogP contribution < -0.4 is 14.2 Å². The van der Waals surface area contributed by atoms with Crippen molar-refractivity contribution in [3.63, 3.8) is 0 Å². The number of aryl methyl sites for hydroxylation is 2. The van der Waals surface area contributed by atoms with Gasteiger partial charge in [0.1, 0.15) is 12.1 Å². The minimum Gasteiger partial charge on any atom is -0.493 e. The van der Waals surface area contributed by atoms with Gasteiger partial charge >= 0.3 is 0 Å². The van der Waals surface area contributed by atoms with Crippen molar-refractivity contribution >= 4 is 15.8 Å². The summed E-state index contributed by atoms with van der Waals surface area (Å²) in [5, 5.41) is 4.34. The number of nitrogens with zero attached hydrogens (tertiary/aromatic N) is 4. The van der Waals surface area contributed by atoms with Gasteiger partial charge in [-0.05, 0) is 32.0 Å². The van der Waals surface area contributed by atoms with Crippen molar-refractivity contribution in [2.75, 3.05) is 18.9 Å². The molecule has 0 bridgehead atoms. The molecule has 0 atom stereocenters. The number of hydrogen-bond acceptors (Lipinski definition) is 7. The van der Waals surface area contributed by atoms with Crippen LogP contribution in [0.25, 0.3) is 5.82 Å². The van der Waals surface area contributed by atoms with E-state index in [-0.39, 0.29) is 10.7 Å². The average molecular weight is 389 g/mol. The highest BCUT2D eigenvalue weighted by Crippen LogP contribution is 2.30. The van der Waals surface area contributed by atoms with Gasteiger partial charge in [-0.3, -0.25) is 4.72 Å². The first-order chi connectivity index (χ1) is 12.8. The van der Waals surface area contributed by atoms with Crippen molar-refractivity contribution in [3.8, 4) is 17.3 Å². The minimum absolute atomic E-state index is 0.0198. The summed E-state index contributed by atoms with van der Waals surface area (Å²) in [5.74, 6) is 1.33. The third-order valence-corrected chi connectivity index (χ3v) is 5.14. The predicted octanol–water partition coefficient (Wildman–Crippen LogP) is 2.10. The summed E-state index contributed by atoms with van der Waals surface area (Å²) in [7, 11) is -0.965. The second-order valence-electron chi connectivity index (χ2n) is 5.72. The van der Waals surface area contributed by atoms with E-state index in [2.05, 4.69) is 19.8 Å². The predicted molar refractivity (Wildman–Crippen MR) is 99.0 cm³/mol. The Bertz CT molecular complexity index is 1080. The zero-order chi connectivity index (χ0) is 19.6. The van der Waals surface area contributed by atoms with Crippen molar-refractivity contribution in [1.29, 1.82) is 0 Å². The van der Waals surface area contributed by atoms with Crippen molar-refractivity contribution in [2.24, 2.45) is 0 Å². The number of hydrogen-bond donors (Lipinski definition) is 1. The van der Waals surface area contributed by atoms with Gasteiger partial charge in [0.25, 0.3) is 10.0 Å². The van der Waals surface area contributed by atoms with E-state index in [1.807, 2.05) is 19.9 Å². The summed E-state index contributed by atoms with van der Waals surface area (Å²) in [6, 6.07) is 7.74. The highest BCUT2D eigenvalue weighted by Gasteiger charge is 2.18. The lowest BCUT2D eigenvalue weighted by Crippen LogP contribution is -2.15. The lowest BCUT2D eigenvalue weighted by molar-refractivity contribution is 0.354. The van der Waals surface area contributed by atoms with Gasteiger partial charge in [0.2, 0.25) is 0 Å². The van der Waals surface area contributed by atoms with Gasteiger partial charge in [-0.1, -0.05) is 0 Å². The molecule has 0 unspecified atom stereocenters. The van der Waals surface area contributed by atoms with Crippen LogP contribution in [-0.4, -0.2) is 42.4 Å². The van der Waals surface area contributed by atoms with Gasteiger partial charge in [-0.25, -0.2) is 23.1 Å². The molecule has 0 aliphatic carbocycles. The lowest BCUT2D eigenvalue weighted by atomic mass is 10.3. The van der Waals surface area contributed by atoms with Crippen LogP contribution in [0.2, 0.25) is 0 Å². The Balaban J connectivity index is 1.93. The van der Waals surface area contributed by atoms with Gasteiger partial charge < -0.3 is 9.47 Å². The highest BCUT2D eigenvalue weighted by molar-refractivity contribution is 7.92. The van der Waals surface area contributed by atoms with Crippen molar-refractivity contribution in [3.05, 3.63) is 48.0 Å². The van der Waals surface area contributed by atoms with E-state index in [1.54, 1.807) is 4.68 Å². The zero-order valence-corrected chi connectivity index (χ0v) is 16.1. The van der Waals surface area contributed by atoms with Crippen LogP contribution in [0.15, 0.2) is 41.6 Å². The normalized spacial score (nSPS) is 11.3. The quantitative estimate of drug-likeness (QED) is 0.688. The Morgan fingerprint density at radius 2 is 1.74 bits per heavy atom. The van der Waals surface area contributed by atoms with Crippen molar-refractivity contribution in [2.45, 2.75) is 18.7 Å². The van der Waals surface area contributed by atoms with Gasteiger partial charge in [0, 0.05) is 17.8 Å². The van der Waals surface area contributed by atoms with E-state index in [0.717, 1.165) is 11.4 Å². The lowest BCUT2D eigenvalue weighted by Gasteiger charge is -2.11. The molecule has 0 aliphatic heterocycles. The average Bonchev–Trinajstić information content (AvgIpc) is 2.99. The molecule has 0 aliphatic rings. The Morgan fingerprint density at radius 3 is 2.37 bits per heavy atom. The largest absolute Gasteiger partial charge is 0.493 e. The molecule has 0 saturated carbocycles. The first-order valence-electron chi connectivity index (χ1n) is 7.94. The summed E-state index contributed by atoms with van der Waals surface area (Å²) < 4.78 is 39.7. The summed E-state index contributed by atoms with van der Waals surface area (Å²) in [4.78, 5) is 8.16. The molecule has 0 fully saturated rings. The number of benzene rings is 1. The monoisotopic (exact) mass is 389 g/mol. The first-order valence-corrected chi connectivity index (χ1v) is 9.43. The zero-order valence-electron chi connectivity index (χ0n) is 15.3. The smallest absolute Gasteiger partial charge is 0.263 e. The fourth-order valence-corrected chi connectivity index (χ4v) is 3.57. The van der Waals surface area contributed by atoms with Crippen LogP contribution in [0.3, 0.4) is 0 Å². The topological polar surface area (TPSA) is 108 Å². The Hall–Kier alpha value is -3.14. The maximum atomic E-state index is 12.7.